The minimum atomic E-state index is -0.225. The van der Waals surface area contributed by atoms with Gasteiger partial charge in [0.2, 0.25) is 5.89 Å². The maximum atomic E-state index is 12.8. The molecule has 2 heterocycles. The highest BCUT2D eigenvalue weighted by atomic mass is 32.2. The van der Waals surface area contributed by atoms with Crippen LogP contribution in [-0.2, 0) is 5.75 Å². The van der Waals surface area contributed by atoms with Crippen LogP contribution in [0, 0.1) is 5.82 Å². The van der Waals surface area contributed by atoms with E-state index in [1.54, 1.807) is 23.9 Å². The summed E-state index contributed by atoms with van der Waals surface area (Å²) in [6.45, 7) is 0.970. The molecule has 20 heavy (non-hydrogen) atoms. The first kappa shape index (κ1) is 13.9. The molecular formula is C13H14FN3OS2. The van der Waals surface area contributed by atoms with Crippen molar-refractivity contribution < 1.29 is 8.91 Å². The third kappa shape index (κ3) is 3.53. The summed E-state index contributed by atoms with van der Waals surface area (Å²) in [7, 11) is 0. The number of aromatic nitrogens is 2. The van der Waals surface area contributed by atoms with E-state index in [0.717, 1.165) is 22.9 Å². The highest BCUT2D eigenvalue weighted by molar-refractivity contribution is 7.99. The molecule has 1 unspecified atom stereocenters. The summed E-state index contributed by atoms with van der Waals surface area (Å²) in [5.41, 5.74) is 0. The van der Waals surface area contributed by atoms with E-state index in [2.05, 4.69) is 15.5 Å². The lowest BCUT2D eigenvalue weighted by molar-refractivity contribution is 0.339. The number of hydrogen-bond donors (Lipinski definition) is 1. The van der Waals surface area contributed by atoms with E-state index in [-0.39, 0.29) is 11.9 Å². The number of hydrogen-bond acceptors (Lipinski definition) is 6. The van der Waals surface area contributed by atoms with Crippen molar-refractivity contribution in [2.75, 3.05) is 18.1 Å². The largest absolute Gasteiger partial charge is 0.338 e. The van der Waals surface area contributed by atoms with E-state index in [1.807, 2.05) is 11.8 Å². The van der Waals surface area contributed by atoms with Crippen LogP contribution in [0.5, 0.6) is 0 Å². The molecule has 0 radical (unpaired) electrons. The van der Waals surface area contributed by atoms with Crippen molar-refractivity contribution in [2.45, 2.75) is 16.7 Å². The van der Waals surface area contributed by atoms with Crippen molar-refractivity contribution in [3.8, 4) is 0 Å². The van der Waals surface area contributed by atoms with Crippen LogP contribution in [-0.4, -0.2) is 28.2 Å². The second-order valence-corrected chi connectivity index (χ2v) is 6.57. The number of nitrogens with zero attached hydrogens (tertiary/aromatic N) is 2. The maximum absolute atomic E-state index is 12.8. The summed E-state index contributed by atoms with van der Waals surface area (Å²) >= 11 is 3.45. The molecule has 1 aliphatic heterocycles. The Morgan fingerprint density at radius 2 is 2.25 bits per heavy atom. The summed E-state index contributed by atoms with van der Waals surface area (Å²) in [5, 5.41) is 7.36. The van der Waals surface area contributed by atoms with Gasteiger partial charge in [0.15, 0.2) is 5.82 Å². The average Bonchev–Trinajstić information content (AvgIpc) is 2.97. The zero-order valence-electron chi connectivity index (χ0n) is 10.7. The van der Waals surface area contributed by atoms with Gasteiger partial charge in [-0.2, -0.15) is 16.7 Å². The Balaban J connectivity index is 1.58. The highest BCUT2D eigenvalue weighted by Crippen LogP contribution is 2.24. The fourth-order valence-electron chi connectivity index (χ4n) is 1.87. The Morgan fingerprint density at radius 3 is 3.00 bits per heavy atom. The minimum absolute atomic E-state index is 0.158. The van der Waals surface area contributed by atoms with E-state index in [9.17, 15) is 4.39 Å². The van der Waals surface area contributed by atoms with Crippen LogP contribution in [0.15, 0.2) is 33.7 Å². The van der Waals surface area contributed by atoms with Gasteiger partial charge >= 0.3 is 0 Å². The topological polar surface area (TPSA) is 51.0 Å². The summed E-state index contributed by atoms with van der Waals surface area (Å²) in [5.74, 6) is 3.82. The SMILES string of the molecule is Fc1ccc(SCc2noc(C3CSCCN3)n2)cc1. The summed E-state index contributed by atoms with van der Waals surface area (Å²) in [6.07, 6.45) is 0. The van der Waals surface area contributed by atoms with Crippen LogP contribution < -0.4 is 5.32 Å². The molecule has 1 aromatic heterocycles. The van der Waals surface area contributed by atoms with Crippen molar-refractivity contribution >= 4 is 23.5 Å². The molecule has 3 rings (SSSR count). The van der Waals surface area contributed by atoms with E-state index in [1.165, 1.54) is 12.1 Å². The van der Waals surface area contributed by atoms with Gasteiger partial charge in [-0.25, -0.2) is 4.39 Å². The third-order valence-corrected chi connectivity index (χ3v) is 4.95. The predicted octanol–water partition coefficient (Wildman–Crippen LogP) is 2.88. The van der Waals surface area contributed by atoms with Crippen molar-refractivity contribution in [3.63, 3.8) is 0 Å². The molecule has 1 aliphatic rings. The van der Waals surface area contributed by atoms with Crippen LogP contribution in [0.25, 0.3) is 0 Å². The molecule has 0 spiro atoms. The minimum Gasteiger partial charge on any atom is -0.338 e. The lowest BCUT2D eigenvalue weighted by Crippen LogP contribution is -2.30. The average molecular weight is 311 g/mol. The first-order chi connectivity index (χ1) is 9.81. The predicted molar refractivity (Wildman–Crippen MR) is 78.3 cm³/mol. The third-order valence-electron chi connectivity index (χ3n) is 2.89. The molecular weight excluding hydrogens is 297 g/mol. The first-order valence-electron chi connectivity index (χ1n) is 6.33. The van der Waals surface area contributed by atoms with E-state index >= 15 is 0 Å². The molecule has 0 amide bonds. The Bertz CT molecular complexity index is 555. The molecule has 1 saturated heterocycles. The van der Waals surface area contributed by atoms with Crippen LogP contribution in [0.3, 0.4) is 0 Å². The number of halogens is 1. The zero-order chi connectivity index (χ0) is 13.8. The van der Waals surface area contributed by atoms with Gasteiger partial charge < -0.3 is 9.84 Å². The van der Waals surface area contributed by atoms with Gasteiger partial charge in [-0.15, -0.1) is 11.8 Å². The van der Waals surface area contributed by atoms with E-state index in [4.69, 9.17) is 4.52 Å². The van der Waals surface area contributed by atoms with Crippen molar-refractivity contribution in [2.24, 2.45) is 0 Å². The smallest absolute Gasteiger partial charge is 0.244 e. The summed E-state index contributed by atoms with van der Waals surface area (Å²) in [6, 6.07) is 6.56. The van der Waals surface area contributed by atoms with Gasteiger partial charge in [0.05, 0.1) is 11.8 Å². The van der Waals surface area contributed by atoms with Crippen LogP contribution in [0.4, 0.5) is 4.39 Å². The molecule has 1 aromatic carbocycles. The van der Waals surface area contributed by atoms with Crippen LogP contribution in [0.2, 0.25) is 0 Å². The molecule has 1 N–H and O–H groups in total. The molecule has 0 saturated carbocycles. The Morgan fingerprint density at radius 1 is 1.40 bits per heavy atom. The lowest BCUT2D eigenvalue weighted by atomic mass is 10.3. The summed E-state index contributed by atoms with van der Waals surface area (Å²) in [4.78, 5) is 5.41. The molecule has 1 fully saturated rings. The molecule has 106 valence electrons. The second-order valence-electron chi connectivity index (χ2n) is 4.37. The molecule has 0 bridgehead atoms. The van der Waals surface area contributed by atoms with E-state index < -0.39 is 0 Å². The van der Waals surface area contributed by atoms with Gasteiger partial charge in [0.25, 0.3) is 0 Å². The molecule has 2 aromatic rings. The lowest BCUT2D eigenvalue weighted by Gasteiger charge is -2.19. The first-order valence-corrected chi connectivity index (χ1v) is 8.47. The Labute approximate surface area is 124 Å². The molecule has 4 nitrogen and oxygen atoms in total. The van der Waals surface area contributed by atoms with Crippen LogP contribution >= 0.6 is 23.5 Å². The molecule has 1 atom stereocenters. The number of thioether (sulfide) groups is 2. The van der Waals surface area contributed by atoms with Crippen molar-refractivity contribution in [1.29, 1.82) is 0 Å². The zero-order valence-corrected chi connectivity index (χ0v) is 12.3. The normalized spacial score (nSPS) is 19.1. The van der Waals surface area contributed by atoms with Gasteiger partial charge in [0, 0.05) is 22.9 Å². The molecule has 7 heteroatoms. The van der Waals surface area contributed by atoms with Gasteiger partial charge in [0.1, 0.15) is 5.82 Å². The highest BCUT2D eigenvalue weighted by Gasteiger charge is 2.21. The van der Waals surface area contributed by atoms with Gasteiger partial charge in [-0.3, -0.25) is 0 Å². The number of nitrogens with one attached hydrogen (secondary N) is 1. The summed E-state index contributed by atoms with van der Waals surface area (Å²) < 4.78 is 18.1. The quantitative estimate of drug-likeness (QED) is 0.876. The monoisotopic (exact) mass is 311 g/mol. The van der Waals surface area contributed by atoms with Gasteiger partial charge in [-0.05, 0) is 24.3 Å². The van der Waals surface area contributed by atoms with Crippen molar-refractivity contribution in [1.82, 2.24) is 15.5 Å². The van der Waals surface area contributed by atoms with Gasteiger partial charge in [-0.1, -0.05) is 5.16 Å². The second kappa shape index (κ2) is 6.60. The fourth-order valence-corrected chi connectivity index (χ4v) is 3.54. The molecule has 0 aliphatic carbocycles. The fraction of sp³-hybridized carbons (Fsp3) is 0.385. The van der Waals surface area contributed by atoms with Crippen LogP contribution in [0.1, 0.15) is 17.8 Å². The Kier molecular flexibility index (Phi) is 4.59. The standard InChI is InChI=1S/C13H14FN3OS2/c14-9-1-3-10(4-2-9)20-8-12-16-13(18-17-12)11-7-19-6-5-15-11/h1-4,11,15H,5-8H2. The van der Waals surface area contributed by atoms with Crippen molar-refractivity contribution in [3.05, 3.63) is 41.8 Å². The number of benzene rings is 1. The maximum Gasteiger partial charge on any atom is 0.244 e. The Hall–Kier alpha value is -1.05. The van der Waals surface area contributed by atoms with E-state index in [0.29, 0.717) is 17.5 Å². The number of rotatable bonds is 4.